The van der Waals surface area contributed by atoms with Crippen molar-refractivity contribution in [1.29, 1.82) is 0 Å². The molecule has 0 heterocycles. The molecule has 1 saturated carbocycles. The van der Waals surface area contributed by atoms with Crippen LogP contribution < -0.4 is 4.84 Å². The molecule has 5 heteroatoms. The molecule has 0 saturated heterocycles. The standard InChI is InChI=1S/C7H14ClNO2S/c8-9-4-7(11)2-1-5(12)3-6(7)10/h5-6,9-12H,1-4H2/t5-,6-,7-/m0/s1. The molecule has 0 amide bonds. The van der Waals surface area contributed by atoms with Gasteiger partial charge in [0.25, 0.3) is 0 Å². The molecule has 3 atom stereocenters. The van der Waals surface area contributed by atoms with Crippen LogP contribution in [-0.4, -0.2) is 33.7 Å². The summed E-state index contributed by atoms with van der Waals surface area (Å²) in [6.45, 7) is 0.218. The number of thiol groups is 1. The zero-order chi connectivity index (χ0) is 9.19. The van der Waals surface area contributed by atoms with Gasteiger partial charge in [-0.15, -0.1) is 0 Å². The summed E-state index contributed by atoms with van der Waals surface area (Å²) in [6.07, 6.45) is 1.16. The molecule has 72 valence electrons. The van der Waals surface area contributed by atoms with Crippen molar-refractivity contribution >= 4 is 24.4 Å². The third-order valence-corrected chi connectivity index (χ3v) is 3.00. The van der Waals surface area contributed by atoms with E-state index in [0.717, 1.165) is 6.42 Å². The Hall–Kier alpha value is 0.520. The fraction of sp³-hybridized carbons (Fsp3) is 1.00. The number of aliphatic hydroxyl groups is 2. The number of hydrogen-bond donors (Lipinski definition) is 4. The van der Waals surface area contributed by atoms with E-state index in [1.54, 1.807) is 0 Å². The van der Waals surface area contributed by atoms with Gasteiger partial charge < -0.3 is 10.2 Å². The lowest BCUT2D eigenvalue weighted by Gasteiger charge is -2.38. The first-order valence-electron chi connectivity index (χ1n) is 4.00. The van der Waals surface area contributed by atoms with Gasteiger partial charge in [0.05, 0.1) is 6.10 Å². The highest BCUT2D eigenvalue weighted by molar-refractivity contribution is 7.80. The predicted molar refractivity (Wildman–Crippen MR) is 51.4 cm³/mol. The molecule has 0 unspecified atom stereocenters. The Morgan fingerprint density at radius 2 is 2.33 bits per heavy atom. The lowest BCUT2D eigenvalue weighted by Crippen LogP contribution is -2.52. The molecule has 1 aliphatic rings. The van der Waals surface area contributed by atoms with Gasteiger partial charge in [-0.25, -0.2) is 4.84 Å². The Bertz CT molecular complexity index is 160. The van der Waals surface area contributed by atoms with Crippen LogP contribution >= 0.6 is 24.4 Å². The van der Waals surface area contributed by atoms with E-state index in [2.05, 4.69) is 17.5 Å². The van der Waals surface area contributed by atoms with Gasteiger partial charge in [0.15, 0.2) is 0 Å². The lowest BCUT2D eigenvalue weighted by atomic mass is 9.82. The van der Waals surface area contributed by atoms with Gasteiger partial charge in [-0.1, -0.05) is 0 Å². The molecule has 0 aliphatic heterocycles. The van der Waals surface area contributed by atoms with Gasteiger partial charge in [-0.05, 0) is 31.0 Å². The first-order chi connectivity index (χ1) is 5.58. The van der Waals surface area contributed by atoms with Gasteiger partial charge in [-0.3, -0.25) is 0 Å². The summed E-state index contributed by atoms with van der Waals surface area (Å²) in [4.78, 5) is 2.36. The van der Waals surface area contributed by atoms with Crippen LogP contribution in [0.25, 0.3) is 0 Å². The van der Waals surface area contributed by atoms with Gasteiger partial charge in [0.2, 0.25) is 0 Å². The number of nitrogens with one attached hydrogen (secondary N) is 1. The minimum atomic E-state index is -1.07. The van der Waals surface area contributed by atoms with Crippen molar-refractivity contribution in [2.75, 3.05) is 6.54 Å². The third kappa shape index (κ3) is 2.26. The van der Waals surface area contributed by atoms with E-state index in [-0.39, 0.29) is 11.8 Å². The molecule has 12 heavy (non-hydrogen) atoms. The molecule has 0 radical (unpaired) electrons. The largest absolute Gasteiger partial charge is 0.390 e. The van der Waals surface area contributed by atoms with Crippen LogP contribution in [0, 0.1) is 0 Å². The zero-order valence-corrected chi connectivity index (χ0v) is 8.35. The van der Waals surface area contributed by atoms with Crippen molar-refractivity contribution in [3.63, 3.8) is 0 Å². The van der Waals surface area contributed by atoms with E-state index >= 15 is 0 Å². The van der Waals surface area contributed by atoms with Crippen molar-refractivity contribution in [3.8, 4) is 0 Å². The van der Waals surface area contributed by atoms with E-state index in [9.17, 15) is 10.2 Å². The summed E-state index contributed by atoms with van der Waals surface area (Å²) >= 11 is 9.53. The average Bonchev–Trinajstić information content (AvgIpc) is 1.99. The fourth-order valence-corrected chi connectivity index (χ4v) is 2.06. The topological polar surface area (TPSA) is 52.5 Å². The van der Waals surface area contributed by atoms with Crippen molar-refractivity contribution in [3.05, 3.63) is 0 Å². The van der Waals surface area contributed by atoms with E-state index in [1.807, 2.05) is 0 Å². The first-order valence-corrected chi connectivity index (χ1v) is 4.90. The molecule has 3 N–H and O–H groups in total. The summed E-state index contributed by atoms with van der Waals surface area (Å²) < 4.78 is 0. The van der Waals surface area contributed by atoms with Gasteiger partial charge >= 0.3 is 0 Å². The second kappa shape index (κ2) is 4.15. The Morgan fingerprint density at radius 1 is 1.67 bits per heavy atom. The molecule has 0 aromatic carbocycles. The molecular formula is C7H14ClNO2S. The van der Waals surface area contributed by atoms with E-state index in [1.165, 1.54) is 0 Å². The first kappa shape index (κ1) is 10.6. The molecule has 3 nitrogen and oxygen atoms in total. The molecule has 0 bridgehead atoms. The summed E-state index contributed by atoms with van der Waals surface area (Å²) in [5.41, 5.74) is -1.07. The second-order valence-corrected chi connectivity index (χ2v) is 4.36. The van der Waals surface area contributed by atoms with Crippen LogP contribution in [0.2, 0.25) is 0 Å². The minimum absolute atomic E-state index is 0.190. The van der Waals surface area contributed by atoms with E-state index < -0.39 is 11.7 Å². The monoisotopic (exact) mass is 211 g/mol. The predicted octanol–water partition coefficient (Wildman–Crippen LogP) is 0.304. The highest BCUT2D eigenvalue weighted by Crippen LogP contribution is 2.30. The van der Waals surface area contributed by atoms with Gasteiger partial charge in [0.1, 0.15) is 5.60 Å². The summed E-state index contributed by atoms with van der Waals surface area (Å²) in [6, 6.07) is 0. The number of halogens is 1. The molecule has 1 fully saturated rings. The maximum absolute atomic E-state index is 9.83. The molecule has 0 aromatic heterocycles. The van der Waals surface area contributed by atoms with E-state index in [4.69, 9.17) is 11.8 Å². The highest BCUT2D eigenvalue weighted by Gasteiger charge is 2.39. The van der Waals surface area contributed by atoms with Crippen LogP contribution in [0.4, 0.5) is 0 Å². The molecular weight excluding hydrogens is 198 g/mol. The van der Waals surface area contributed by atoms with Gasteiger partial charge in [-0.2, -0.15) is 12.6 Å². The lowest BCUT2D eigenvalue weighted by molar-refractivity contribution is -0.0930. The summed E-state index contributed by atoms with van der Waals surface area (Å²) in [7, 11) is 0. The summed E-state index contributed by atoms with van der Waals surface area (Å²) in [5.74, 6) is 0. The average molecular weight is 212 g/mol. The van der Waals surface area contributed by atoms with Crippen molar-refractivity contribution in [2.24, 2.45) is 0 Å². The number of hydrogen-bond acceptors (Lipinski definition) is 4. The second-order valence-electron chi connectivity index (χ2n) is 3.36. The van der Waals surface area contributed by atoms with Crippen LogP contribution in [0.1, 0.15) is 19.3 Å². The maximum atomic E-state index is 9.83. The molecule has 0 aromatic rings. The number of aliphatic hydroxyl groups excluding tert-OH is 1. The van der Waals surface area contributed by atoms with Crippen molar-refractivity contribution in [2.45, 2.75) is 36.2 Å². The van der Waals surface area contributed by atoms with Crippen LogP contribution in [0.5, 0.6) is 0 Å². The molecule has 1 aliphatic carbocycles. The Labute approximate surface area is 82.6 Å². The minimum Gasteiger partial charge on any atom is -0.390 e. The Kier molecular flexibility index (Phi) is 3.67. The van der Waals surface area contributed by atoms with Gasteiger partial charge in [0, 0.05) is 11.8 Å². The van der Waals surface area contributed by atoms with Crippen LogP contribution in [-0.2, 0) is 0 Å². The quantitative estimate of drug-likeness (QED) is 0.393. The van der Waals surface area contributed by atoms with Crippen molar-refractivity contribution in [1.82, 2.24) is 4.84 Å². The maximum Gasteiger partial charge on any atom is 0.104 e. The van der Waals surface area contributed by atoms with Crippen molar-refractivity contribution < 1.29 is 10.2 Å². The number of rotatable bonds is 2. The highest BCUT2D eigenvalue weighted by atomic mass is 35.5. The van der Waals surface area contributed by atoms with Crippen LogP contribution in [0.3, 0.4) is 0 Å². The molecule has 1 rings (SSSR count). The zero-order valence-electron chi connectivity index (χ0n) is 6.70. The Balaban J connectivity index is 2.53. The Morgan fingerprint density at radius 3 is 2.83 bits per heavy atom. The SMILES string of the molecule is O[C@H]1C[C@@H](S)CC[C@]1(O)CNCl. The fourth-order valence-electron chi connectivity index (χ4n) is 1.50. The normalized spacial score (nSPS) is 43.0. The summed E-state index contributed by atoms with van der Waals surface area (Å²) in [5, 5.41) is 19.5. The molecule has 0 spiro atoms. The van der Waals surface area contributed by atoms with Crippen LogP contribution in [0.15, 0.2) is 0 Å². The smallest absolute Gasteiger partial charge is 0.104 e. The van der Waals surface area contributed by atoms with E-state index in [0.29, 0.717) is 12.8 Å². The third-order valence-electron chi connectivity index (χ3n) is 2.40.